The molecule has 0 saturated heterocycles. The van der Waals surface area contributed by atoms with Gasteiger partial charge in [0.05, 0.1) is 25.9 Å². The molecular formula is C20H25FN2O4. The van der Waals surface area contributed by atoms with E-state index in [1.165, 1.54) is 13.2 Å². The molecule has 1 atom stereocenters. The highest BCUT2D eigenvalue weighted by molar-refractivity contribution is 5.96. The van der Waals surface area contributed by atoms with Crippen LogP contribution in [-0.2, 0) is 4.79 Å². The maximum absolute atomic E-state index is 13.6. The van der Waals surface area contributed by atoms with E-state index in [2.05, 4.69) is 5.32 Å². The third-order valence-electron chi connectivity index (χ3n) is 4.24. The number of hydrogen-bond donors (Lipinski definition) is 1. The van der Waals surface area contributed by atoms with Crippen LogP contribution in [0.25, 0.3) is 0 Å². The number of anilines is 1. The lowest BCUT2D eigenvalue weighted by Crippen LogP contribution is -2.41. The third kappa shape index (κ3) is 5.59. The molecule has 0 radical (unpaired) electrons. The summed E-state index contributed by atoms with van der Waals surface area (Å²) in [6, 6.07) is 11.0. The molecule has 0 aliphatic rings. The van der Waals surface area contributed by atoms with Gasteiger partial charge in [-0.25, -0.2) is 4.39 Å². The van der Waals surface area contributed by atoms with Crippen molar-refractivity contribution in [3.8, 4) is 17.2 Å². The largest absolute Gasteiger partial charge is 0.497 e. The highest BCUT2D eigenvalue weighted by Gasteiger charge is 2.20. The fraction of sp³-hybridized carbons (Fsp3) is 0.350. The van der Waals surface area contributed by atoms with Gasteiger partial charge in [0.15, 0.2) is 11.6 Å². The lowest BCUT2D eigenvalue weighted by atomic mass is 10.2. The number of halogens is 1. The Kier molecular flexibility index (Phi) is 7.43. The molecule has 2 rings (SSSR count). The van der Waals surface area contributed by atoms with E-state index >= 15 is 0 Å². The first kappa shape index (κ1) is 20.5. The average Bonchev–Trinajstić information content (AvgIpc) is 2.68. The Balaban J connectivity index is 1.91. The lowest BCUT2D eigenvalue weighted by Gasteiger charge is -2.24. The van der Waals surface area contributed by atoms with Gasteiger partial charge in [-0.05, 0) is 38.2 Å². The number of amides is 1. The Morgan fingerprint density at radius 3 is 2.56 bits per heavy atom. The minimum Gasteiger partial charge on any atom is -0.497 e. The van der Waals surface area contributed by atoms with Crippen LogP contribution >= 0.6 is 0 Å². The molecule has 0 bridgehead atoms. The molecule has 27 heavy (non-hydrogen) atoms. The quantitative estimate of drug-likeness (QED) is 0.728. The monoisotopic (exact) mass is 376 g/mol. The number of nitrogens with one attached hydrogen (secondary N) is 1. The molecule has 0 heterocycles. The summed E-state index contributed by atoms with van der Waals surface area (Å²) in [6.45, 7) is 2.50. The SMILES string of the molecule is COc1ccc(OC)c(NC(=O)C(C)N(C)CCOc2ccccc2F)c1. The highest BCUT2D eigenvalue weighted by Crippen LogP contribution is 2.29. The summed E-state index contributed by atoms with van der Waals surface area (Å²) in [4.78, 5) is 14.4. The molecule has 0 aliphatic heterocycles. The molecule has 2 aromatic rings. The first-order chi connectivity index (χ1) is 13.0. The summed E-state index contributed by atoms with van der Waals surface area (Å²) in [7, 11) is 4.89. The Morgan fingerprint density at radius 2 is 1.89 bits per heavy atom. The molecular weight excluding hydrogens is 351 g/mol. The van der Waals surface area contributed by atoms with Crippen molar-refractivity contribution in [2.45, 2.75) is 13.0 Å². The summed E-state index contributed by atoms with van der Waals surface area (Å²) in [5.41, 5.74) is 0.532. The van der Waals surface area contributed by atoms with Crippen molar-refractivity contribution >= 4 is 11.6 Å². The molecule has 7 heteroatoms. The number of rotatable bonds is 9. The van der Waals surface area contributed by atoms with Gasteiger partial charge in [-0.1, -0.05) is 12.1 Å². The summed E-state index contributed by atoms with van der Waals surface area (Å²) in [5, 5.41) is 2.85. The van der Waals surface area contributed by atoms with E-state index in [9.17, 15) is 9.18 Å². The van der Waals surface area contributed by atoms with E-state index in [0.29, 0.717) is 23.7 Å². The van der Waals surface area contributed by atoms with Crippen molar-refractivity contribution in [1.29, 1.82) is 0 Å². The van der Waals surface area contributed by atoms with Crippen molar-refractivity contribution in [3.05, 3.63) is 48.3 Å². The molecule has 2 aromatic carbocycles. The second kappa shape index (κ2) is 9.78. The van der Waals surface area contributed by atoms with Crippen LogP contribution in [0.5, 0.6) is 17.2 Å². The number of nitrogens with zero attached hydrogens (tertiary/aromatic N) is 1. The topological polar surface area (TPSA) is 60.0 Å². The third-order valence-corrected chi connectivity index (χ3v) is 4.24. The van der Waals surface area contributed by atoms with E-state index in [1.807, 2.05) is 4.90 Å². The van der Waals surface area contributed by atoms with E-state index in [0.717, 1.165) is 0 Å². The Bertz CT molecular complexity index is 769. The van der Waals surface area contributed by atoms with Crippen LogP contribution in [0.15, 0.2) is 42.5 Å². The Labute approximate surface area is 158 Å². The summed E-state index contributed by atoms with van der Waals surface area (Å²) in [5.74, 6) is 0.752. The zero-order valence-electron chi connectivity index (χ0n) is 16.0. The van der Waals surface area contributed by atoms with E-state index < -0.39 is 11.9 Å². The van der Waals surface area contributed by atoms with Gasteiger partial charge in [0.2, 0.25) is 5.91 Å². The number of carbonyl (C=O) groups is 1. The molecule has 1 amide bonds. The van der Waals surface area contributed by atoms with Crippen molar-refractivity contribution < 1.29 is 23.4 Å². The molecule has 0 spiro atoms. The standard InChI is InChI=1S/C20H25FN2O4/c1-14(23(2)11-12-27-18-8-6-5-7-16(18)21)20(24)22-17-13-15(25-3)9-10-19(17)26-4/h5-10,13-14H,11-12H2,1-4H3,(H,22,24). The highest BCUT2D eigenvalue weighted by atomic mass is 19.1. The number of ether oxygens (including phenoxy) is 3. The van der Waals surface area contributed by atoms with Crippen LogP contribution in [0, 0.1) is 5.82 Å². The van der Waals surface area contributed by atoms with Gasteiger partial charge < -0.3 is 19.5 Å². The minimum absolute atomic E-state index is 0.198. The predicted octanol–water partition coefficient (Wildman–Crippen LogP) is 3.18. The van der Waals surface area contributed by atoms with Crippen molar-refractivity contribution in [1.82, 2.24) is 4.90 Å². The maximum atomic E-state index is 13.6. The number of para-hydroxylation sites is 1. The molecule has 0 fully saturated rings. The number of hydrogen-bond acceptors (Lipinski definition) is 5. The Morgan fingerprint density at radius 1 is 1.15 bits per heavy atom. The second-order valence-electron chi connectivity index (χ2n) is 5.99. The summed E-state index contributed by atoms with van der Waals surface area (Å²) >= 11 is 0. The maximum Gasteiger partial charge on any atom is 0.241 e. The zero-order chi connectivity index (χ0) is 19.8. The zero-order valence-corrected chi connectivity index (χ0v) is 16.0. The van der Waals surface area contributed by atoms with Crippen LogP contribution in [0.4, 0.5) is 10.1 Å². The first-order valence-corrected chi connectivity index (χ1v) is 8.56. The number of carbonyl (C=O) groups excluding carboxylic acids is 1. The van der Waals surface area contributed by atoms with Gasteiger partial charge in [0.1, 0.15) is 18.1 Å². The fourth-order valence-electron chi connectivity index (χ4n) is 2.40. The van der Waals surface area contributed by atoms with Crippen LogP contribution in [0.1, 0.15) is 6.92 Å². The van der Waals surface area contributed by atoms with Crippen LogP contribution in [0.3, 0.4) is 0 Å². The van der Waals surface area contributed by atoms with E-state index in [-0.39, 0.29) is 18.3 Å². The predicted molar refractivity (Wildman–Crippen MR) is 102 cm³/mol. The number of benzene rings is 2. The molecule has 0 saturated carbocycles. The van der Waals surface area contributed by atoms with E-state index in [1.54, 1.807) is 57.5 Å². The van der Waals surface area contributed by atoms with Gasteiger partial charge in [-0.2, -0.15) is 0 Å². The molecule has 1 unspecified atom stereocenters. The van der Waals surface area contributed by atoms with E-state index in [4.69, 9.17) is 14.2 Å². The average molecular weight is 376 g/mol. The van der Waals surface area contributed by atoms with Gasteiger partial charge in [0, 0.05) is 12.6 Å². The minimum atomic E-state index is -0.426. The normalized spacial score (nSPS) is 11.8. The van der Waals surface area contributed by atoms with Crippen molar-refractivity contribution in [2.24, 2.45) is 0 Å². The molecule has 6 nitrogen and oxygen atoms in total. The van der Waals surface area contributed by atoms with Gasteiger partial charge in [0.25, 0.3) is 0 Å². The molecule has 1 N–H and O–H groups in total. The summed E-state index contributed by atoms with van der Waals surface area (Å²) in [6.07, 6.45) is 0. The molecule has 0 aromatic heterocycles. The lowest BCUT2D eigenvalue weighted by molar-refractivity contribution is -0.120. The van der Waals surface area contributed by atoms with Gasteiger partial charge >= 0.3 is 0 Å². The van der Waals surface area contributed by atoms with Crippen LogP contribution < -0.4 is 19.5 Å². The summed E-state index contributed by atoms with van der Waals surface area (Å²) < 4.78 is 29.4. The van der Waals surface area contributed by atoms with Gasteiger partial charge in [-0.15, -0.1) is 0 Å². The molecule has 0 aliphatic carbocycles. The molecule has 146 valence electrons. The van der Waals surface area contributed by atoms with Crippen LogP contribution in [0.2, 0.25) is 0 Å². The van der Waals surface area contributed by atoms with Crippen molar-refractivity contribution in [3.63, 3.8) is 0 Å². The number of likely N-dealkylation sites (N-methyl/N-ethyl adjacent to an activating group) is 1. The second-order valence-corrected chi connectivity index (χ2v) is 5.99. The first-order valence-electron chi connectivity index (χ1n) is 8.56. The van der Waals surface area contributed by atoms with Gasteiger partial charge in [-0.3, -0.25) is 9.69 Å². The smallest absolute Gasteiger partial charge is 0.241 e. The number of methoxy groups -OCH3 is 2. The van der Waals surface area contributed by atoms with Crippen molar-refractivity contribution in [2.75, 3.05) is 39.7 Å². The van der Waals surface area contributed by atoms with Crippen LogP contribution in [-0.4, -0.2) is 51.3 Å². The fourth-order valence-corrected chi connectivity index (χ4v) is 2.40. The Hall–Kier alpha value is -2.80.